The molecule has 0 bridgehead atoms. The molecule has 2 unspecified atom stereocenters. The Labute approximate surface area is 213 Å². The smallest absolute Gasteiger partial charge is 0.251 e. The van der Waals surface area contributed by atoms with Crippen LogP contribution in [0.15, 0.2) is 48.4 Å². The Kier molecular flexibility index (Phi) is 8.05. The number of ether oxygens (including phenoxy) is 3. The van der Waals surface area contributed by atoms with E-state index in [0.717, 1.165) is 0 Å². The van der Waals surface area contributed by atoms with Crippen molar-refractivity contribution in [1.29, 1.82) is 0 Å². The summed E-state index contributed by atoms with van der Waals surface area (Å²) in [6.07, 6.45) is 5.52. The Morgan fingerprint density at radius 3 is 2.89 bits per heavy atom. The third-order valence-electron chi connectivity index (χ3n) is 5.60. The number of carbonyl (C=O) groups excluding carboxylic acids is 2. The zero-order chi connectivity index (χ0) is 25.0. The quantitative estimate of drug-likeness (QED) is 0.512. The minimum absolute atomic E-state index is 0.118. The van der Waals surface area contributed by atoms with Gasteiger partial charge in [0.25, 0.3) is 5.91 Å². The number of hydrogen-bond acceptors (Lipinski definition) is 7. The lowest BCUT2D eigenvalue weighted by Gasteiger charge is -2.26. The van der Waals surface area contributed by atoms with E-state index in [1.807, 2.05) is 20.1 Å². The van der Waals surface area contributed by atoms with Crippen LogP contribution in [0.3, 0.4) is 0 Å². The van der Waals surface area contributed by atoms with Crippen LogP contribution in [-0.4, -0.2) is 69.6 Å². The average molecular weight is 521 g/mol. The summed E-state index contributed by atoms with van der Waals surface area (Å²) in [5.74, 6) is 0.846. The van der Waals surface area contributed by atoms with Crippen LogP contribution in [0.25, 0.3) is 0 Å². The van der Waals surface area contributed by atoms with Gasteiger partial charge in [-0.25, -0.2) is 0 Å². The normalized spacial score (nSPS) is 20.1. The van der Waals surface area contributed by atoms with Crippen molar-refractivity contribution in [1.82, 2.24) is 14.7 Å². The van der Waals surface area contributed by atoms with Gasteiger partial charge in [0.2, 0.25) is 5.91 Å². The molecule has 2 aliphatic rings. The first-order valence-electron chi connectivity index (χ1n) is 11.3. The van der Waals surface area contributed by atoms with E-state index in [1.165, 1.54) is 11.0 Å². The second kappa shape index (κ2) is 11.0. The van der Waals surface area contributed by atoms with Gasteiger partial charge < -0.3 is 24.4 Å². The summed E-state index contributed by atoms with van der Waals surface area (Å²) in [4.78, 5) is 27.5. The molecule has 0 aliphatic carbocycles. The summed E-state index contributed by atoms with van der Waals surface area (Å²) in [6.45, 7) is 4.91. The number of para-hydroxylation sites is 1. The van der Waals surface area contributed by atoms with Crippen molar-refractivity contribution >= 4 is 41.0 Å². The zero-order valence-electron chi connectivity index (χ0n) is 19.9. The van der Waals surface area contributed by atoms with E-state index in [9.17, 15) is 9.59 Å². The number of anilines is 1. The van der Waals surface area contributed by atoms with E-state index < -0.39 is 11.8 Å². The maximum absolute atomic E-state index is 13.2. The third-order valence-corrected chi connectivity index (χ3v) is 6.55. The number of aromatic nitrogens is 2. The van der Waals surface area contributed by atoms with Crippen LogP contribution in [0.4, 0.5) is 5.82 Å². The maximum atomic E-state index is 13.2. The number of carbonyl (C=O) groups is 2. The van der Waals surface area contributed by atoms with Crippen LogP contribution in [0.1, 0.15) is 20.3 Å². The van der Waals surface area contributed by atoms with Crippen LogP contribution < -0.4 is 10.1 Å². The molecule has 2 aromatic rings. The van der Waals surface area contributed by atoms with E-state index in [4.69, 9.17) is 25.8 Å². The minimum atomic E-state index is -0.670. The van der Waals surface area contributed by atoms with E-state index >= 15 is 0 Å². The summed E-state index contributed by atoms with van der Waals surface area (Å²) in [5, 5.41) is 7.74. The molecule has 188 valence electrons. The molecule has 0 saturated carbocycles. The standard InChI is InChI=1S/C24H29ClN4O5S/c1-24(2)32-15-17(34-24)13-28-10-8-21(27-28)26-23(31)19(9-11-35-3)29-14-16(12-22(29)30)33-20-7-5-4-6-18(20)25/h4-8,10,12,17,19H,9,11,13-15H2,1-3H3,(H,26,27,31). The lowest BCUT2D eigenvalue weighted by atomic mass is 10.1. The summed E-state index contributed by atoms with van der Waals surface area (Å²) in [5.41, 5.74) is 0. The molecule has 35 heavy (non-hydrogen) atoms. The molecular weight excluding hydrogens is 492 g/mol. The van der Waals surface area contributed by atoms with Gasteiger partial charge in [-0.3, -0.25) is 14.3 Å². The fraction of sp³-hybridized carbons (Fsp3) is 0.458. The lowest BCUT2D eigenvalue weighted by molar-refractivity contribution is -0.139. The molecule has 2 atom stereocenters. The minimum Gasteiger partial charge on any atom is -0.458 e. The molecule has 9 nitrogen and oxygen atoms in total. The number of thioether (sulfide) groups is 1. The van der Waals surface area contributed by atoms with Crippen molar-refractivity contribution in [2.75, 3.05) is 30.5 Å². The number of halogens is 1. The zero-order valence-corrected chi connectivity index (χ0v) is 21.5. The van der Waals surface area contributed by atoms with Gasteiger partial charge in [0, 0.05) is 18.3 Å². The van der Waals surface area contributed by atoms with Crippen molar-refractivity contribution in [3.8, 4) is 5.75 Å². The molecule has 1 aromatic heterocycles. The molecule has 1 aromatic carbocycles. The number of rotatable bonds is 10. The molecule has 4 rings (SSSR count). The number of nitrogens with one attached hydrogen (secondary N) is 1. The fourth-order valence-corrected chi connectivity index (χ4v) is 4.60. The summed E-state index contributed by atoms with van der Waals surface area (Å²) in [6, 6.07) is 8.10. The Morgan fingerprint density at radius 2 is 2.17 bits per heavy atom. The fourth-order valence-electron chi connectivity index (χ4n) is 3.97. The van der Waals surface area contributed by atoms with E-state index in [1.54, 1.807) is 53.0 Å². The maximum Gasteiger partial charge on any atom is 0.251 e. The number of benzene rings is 1. The topological polar surface area (TPSA) is 94.9 Å². The molecule has 3 heterocycles. The summed E-state index contributed by atoms with van der Waals surface area (Å²) < 4.78 is 19.0. The molecule has 1 fully saturated rings. The van der Waals surface area contributed by atoms with Crippen molar-refractivity contribution in [3.63, 3.8) is 0 Å². The average Bonchev–Trinajstić information content (AvgIpc) is 3.49. The molecule has 0 radical (unpaired) electrons. The van der Waals surface area contributed by atoms with Gasteiger partial charge >= 0.3 is 0 Å². The Bertz CT molecular complexity index is 1110. The predicted octanol–water partition coefficient (Wildman–Crippen LogP) is 3.55. The van der Waals surface area contributed by atoms with Gasteiger partial charge in [0.15, 0.2) is 11.6 Å². The molecule has 1 saturated heterocycles. The van der Waals surface area contributed by atoms with E-state index in [-0.39, 0.29) is 24.5 Å². The van der Waals surface area contributed by atoms with Crippen LogP contribution in [0.2, 0.25) is 5.02 Å². The predicted molar refractivity (Wildman–Crippen MR) is 134 cm³/mol. The van der Waals surface area contributed by atoms with Crippen LogP contribution in [-0.2, 0) is 25.6 Å². The Morgan fingerprint density at radius 1 is 1.37 bits per heavy atom. The van der Waals surface area contributed by atoms with Crippen molar-refractivity contribution in [2.45, 2.75) is 44.7 Å². The van der Waals surface area contributed by atoms with Gasteiger partial charge in [-0.2, -0.15) is 16.9 Å². The molecule has 1 N–H and O–H groups in total. The molecule has 2 amide bonds. The monoisotopic (exact) mass is 520 g/mol. The second-order valence-corrected chi connectivity index (χ2v) is 10.2. The SMILES string of the molecule is CSCCC(C(=O)Nc1ccn(CC2COC(C)(C)O2)n1)N1CC(Oc2ccccc2Cl)=CC1=O. The first-order chi connectivity index (χ1) is 16.7. The molecule has 2 aliphatic heterocycles. The van der Waals surface area contributed by atoms with Crippen molar-refractivity contribution < 1.29 is 23.8 Å². The lowest BCUT2D eigenvalue weighted by Crippen LogP contribution is -2.46. The number of hydrogen-bond donors (Lipinski definition) is 1. The summed E-state index contributed by atoms with van der Waals surface area (Å²) >= 11 is 7.79. The second-order valence-electron chi connectivity index (χ2n) is 8.77. The molecule has 11 heteroatoms. The van der Waals surface area contributed by atoms with Crippen molar-refractivity contribution in [3.05, 3.63) is 53.4 Å². The summed E-state index contributed by atoms with van der Waals surface area (Å²) in [7, 11) is 0. The van der Waals surface area contributed by atoms with Gasteiger partial charge in [-0.05, 0) is 44.4 Å². The highest BCUT2D eigenvalue weighted by Crippen LogP contribution is 2.28. The molecule has 0 spiro atoms. The van der Waals surface area contributed by atoms with Gasteiger partial charge in [-0.1, -0.05) is 23.7 Å². The first-order valence-corrected chi connectivity index (χ1v) is 13.1. The van der Waals surface area contributed by atoms with E-state index in [0.29, 0.717) is 47.7 Å². The Balaban J connectivity index is 1.38. The highest BCUT2D eigenvalue weighted by atomic mass is 35.5. The van der Waals surface area contributed by atoms with Crippen LogP contribution in [0.5, 0.6) is 5.75 Å². The molecular formula is C24H29ClN4O5S. The first kappa shape index (κ1) is 25.6. The van der Waals surface area contributed by atoms with Gasteiger partial charge in [-0.15, -0.1) is 0 Å². The van der Waals surface area contributed by atoms with Gasteiger partial charge in [0.1, 0.15) is 23.7 Å². The highest BCUT2D eigenvalue weighted by Gasteiger charge is 2.35. The highest BCUT2D eigenvalue weighted by molar-refractivity contribution is 7.98. The third kappa shape index (κ3) is 6.58. The largest absolute Gasteiger partial charge is 0.458 e. The number of nitrogens with zero attached hydrogens (tertiary/aromatic N) is 3. The van der Waals surface area contributed by atoms with E-state index in [2.05, 4.69) is 10.4 Å². The van der Waals surface area contributed by atoms with Crippen LogP contribution >= 0.6 is 23.4 Å². The number of amides is 2. The van der Waals surface area contributed by atoms with Gasteiger partial charge in [0.05, 0.1) is 24.7 Å². The van der Waals surface area contributed by atoms with Crippen molar-refractivity contribution in [2.24, 2.45) is 0 Å². The van der Waals surface area contributed by atoms with Crippen LogP contribution in [0, 0.1) is 0 Å². The Hall–Kier alpha value is -2.53.